The second-order valence-electron chi connectivity index (χ2n) is 2.66. The minimum absolute atomic E-state index is 0.468. The molecule has 0 aromatic carbocycles. The van der Waals surface area contributed by atoms with Crippen LogP contribution in [0.4, 0.5) is 0 Å². The van der Waals surface area contributed by atoms with E-state index in [2.05, 4.69) is 15.2 Å². The Labute approximate surface area is 116 Å². The first-order valence-corrected chi connectivity index (χ1v) is 6.79. The molecule has 18 heavy (non-hydrogen) atoms. The highest BCUT2D eigenvalue weighted by Gasteiger charge is 1.99. The van der Waals surface area contributed by atoms with Crippen LogP contribution < -0.4 is 0 Å². The lowest BCUT2D eigenvalue weighted by atomic mass is 10.2. The summed E-state index contributed by atoms with van der Waals surface area (Å²) in [4.78, 5) is 4.13. The van der Waals surface area contributed by atoms with Crippen LogP contribution in [0.3, 0.4) is 0 Å². The highest BCUT2D eigenvalue weighted by Crippen LogP contribution is 2.10. The van der Waals surface area contributed by atoms with Crippen LogP contribution in [0.1, 0.15) is 47.4 Å². The number of rotatable bonds is 3. The van der Waals surface area contributed by atoms with Gasteiger partial charge in [0, 0.05) is 5.57 Å². The first-order chi connectivity index (χ1) is 8.77. The lowest BCUT2D eigenvalue weighted by molar-refractivity contribution is 1.06. The molecule has 1 rings (SSSR count). The van der Waals surface area contributed by atoms with Gasteiger partial charge in [0.1, 0.15) is 0 Å². The second-order valence-corrected chi connectivity index (χ2v) is 3.05. The molecular formula is C14H25N3S. The molecule has 0 spiro atoms. The van der Waals surface area contributed by atoms with Crippen molar-refractivity contribution in [3.8, 4) is 0 Å². The van der Waals surface area contributed by atoms with Gasteiger partial charge in [-0.2, -0.15) is 4.98 Å². The molecule has 0 saturated heterocycles. The standard InChI is InChI=1S/C10H13N3S.2C2H6/c1-3-5-7-8(6-4-2)9-11-10(14)13-12-9;2*1-2/h3-7H,1-2H3,(H2,11,12,13,14);2*1-2H3/b5-3-,6-4-,8-7+;;. The molecule has 3 nitrogen and oxygen atoms in total. The van der Waals surface area contributed by atoms with Crippen molar-refractivity contribution < 1.29 is 0 Å². The van der Waals surface area contributed by atoms with Gasteiger partial charge in [0.25, 0.3) is 0 Å². The summed E-state index contributed by atoms with van der Waals surface area (Å²) in [5.74, 6) is 0.756. The minimum atomic E-state index is 0.468. The first-order valence-electron chi connectivity index (χ1n) is 6.38. The summed E-state index contributed by atoms with van der Waals surface area (Å²) in [6.45, 7) is 11.9. The SMILES string of the molecule is CC.CC.C\C=C/C=C(\C=C/C)c1nc(=S)[nH][nH]1. The van der Waals surface area contributed by atoms with Crippen molar-refractivity contribution >= 4 is 17.8 Å². The second kappa shape index (κ2) is 13.6. The van der Waals surface area contributed by atoms with Gasteiger partial charge >= 0.3 is 0 Å². The summed E-state index contributed by atoms with van der Waals surface area (Å²) >= 11 is 4.88. The van der Waals surface area contributed by atoms with E-state index in [9.17, 15) is 0 Å². The topological polar surface area (TPSA) is 44.5 Å². The third-order valence-electron chi connectivity index (χ3n) is 1.59. The van der Waals surface area contributed by atoms with Gasteiger partial charge in [-0.25, -0.2) is 0 Å². The maximum absolute atomic E-state index is 4.88. The van der Waals surface area contributed by atoms with Crippen LogP contribution in [-0.4, -0.2) is 15.2 Å². The monoisotopic (exact) mass is 267 g/mol. The Balaban J connectivity index is 0. The molecule has 0 aliphatic heterocycles. The van der Waals surface area contributed by atoms with Crippen molar-refractivity contribution in [2.24, 2.45) is 0 Å². The van der Waals surface area contributed by atoms with E-state index in [-0.39, 0.29) is 0 Å². The minimum Gasteiger partial charge on any atom is -0.282 e. The number of H-pyrrole nitrogens is 2. The number of nitrogens with one attached hydrogen (secondary N) is 2. The van der Waals surface area contributed by atoms with E-state index < -0.39 is 0 Å². The summed E-state index contributed by atoms with van der Waals surface area (Å²) in [6.07, 6.45) is 9.83. The fourth-order valence-corrected chi connectivity index (χ4v) is 1.14. The summed E-state index contributed by atoms with van der Waals surface area (Å²) in [5.41, 5.74) is 0.998. The lowest BCUT2D eigenvalue weighted by Gasteiger charge is -1.93. The van der Waals surface area contributed by atoms with E-state index in [0.717, 1.165) is 11.4 Å². The Kier molecular flexibility index (Phi) is 14.4. The molecule has 0 aliphatic rings. The molecule has 0 radical (unpaired) electrons. The molecule has 102 valence electrons. The maximum Gasteiger partial charge on any atom is 0.213 e. The highest BCUT2D eigenvalue weighted by molar-refractivity contribution is 7.71. The molecule has 2 N–H and O–H groups in total. The molecule has 1 heterocycles. The number of aromatic amines is 2. The Hall–Kier alpha value is -1.42. The number of aromatic nitrogens is 3. The third kappa shape index (κ3) is 7.79. The molecule has 1 aromatic heterocycles. The lowest BCUT2D eigenvalue weighted by Crippen LogP contribution is -1.83. The average molecular weight is 267 g/mol. The predicted molar refractivity (Wildman–Crippen MR) is 84.1 cm³/mol. The van der Waals surface area contributed by atoms with Gasteiger partial charge in [0.05, 0.1) is 0 Å². The number of nitrogens with zero attached hydrogens (tertiary/aromatic N) is 1. The summed E-state index contributed by atoms with van der Waals surface area (Å²) in [7, 11) is 0. The van der Waals surface area contributed by atoms with Crippen LogP contribution in [0.2, 0.25) is 0 Å². The average Bonchev–Trinajstić information content (AvgIpc) is 2.86. The molecule has 4 heteroatoms. The molecular weight excluding hydrogens is 242 g/mol. The van der Waals surface area contributed by atoms with Gasteiger partial charge in [-0.3, -0.25) is 10.2 Å². The van der Waals surface area contributed by atoms with Crippen LogP contribution in [0.5, 0.6) is 0 Å². The summed E-state index contributed by atoms with van der Waals surface area (Å²) < 4.78 is 0.468. The van der Waals surface area contributed by atoms with Crippen molar-refractivity contribution in [3.05, 3.63) is 41.0 Å². The normalized spacial score (nSPS) is 10.9. The fraction of sp³-hybridized carbons (Fsp3) is 0.429. The van der Waals surface area contributed by atoms with Crippen LogP contribution in [0.25, 0.3) is 5.57 Å². The predicted octanol–water partition coefficient (Wildman–Crippen LogP) is 5.06. The fourth-order valence-electron chi connectivity index (χ4n) is 1.000. The van der Waals surface area contributed by atoms with Gasteiger partial charge in [0.15, 0.2) is 5.82 Å². The van der Waals surface area contributed by atoms with Gasteiger partial charge in [0.2, 0.25) is 4.77 Å². The Morgan fingerprint density at radius 1 is 1.06 bits per heavy atom. The van der Waals surface area contributed by atoms with Crippen LogP contribution in [-0.2, 0) is 0 Å². The Morgan fingerprint density at radius 2 is 1.67 bits per heavy atom. The molecule has 0 amide bonds. The molecule has 0 unspecified atom stereocenters. The van der Waals surface area contributed by atoms with E-state index in [1.54, 1.807) is 0 Å². The molecule has 0 atom stereocenters. The van der Waals surface area contributed by atoms with Crippen LogP contribution in [0.15, 0.2) is 30.4 Å². The van der Waals surface area contributed by atoms with Crippen molar-refractivity contribution in [2.75, 3.05) is 0 Å². The van der Waals surface area contributed by atoms with Crippen molar-refractivity contribution in [1.29, 1.82) is 0 Å². The maximum atomic E-state index is 4.88. The van der Waals surface area contributed by atoms with Crippen molar-refractivity contribution in [3.63, 3.8) is 0 Å². The zero-order valence-corrected chi connectivity index (χ0v) is 13.1. The molecule has 1 aromatic rings. The molecule has 0 saturated carbocycles. The van der Waals surface area contributed by atoms with Gasteiger partial charge in [-0.05, 0) is 26.1 Å². The van der Waals surface area contributed by atoms with E-state index in [4.69, 9.17) is 12.2 Å². The quantitative estimate of drug-likeness (QED) is 0.594. The molecule has 0 aliphatic carbocycles. The van der Waals surface area contributed by atoms with E-state index >= 15 is 0 Å². The van der Waals surface area contributed by atoms with E-state index in [0.29, 0.717) is 4.77 Å². The Morgan fingerprint density at radius 3 is 2.06 bits per heavy atom. The van der Waals surface area contributed by atoms with Crippen LogP contribution in [0, 0.1) is 4.77 Å². The number of hydrogen-bond donors (Lipinski definition) is 2. The van der Waals surface area contributed by atoms with Gasteiger partial charge in [-0.15, -0.1) is 0 Å². The van der Waals surface area contributed by atoms with Crippen molar-refractivity contribution in [1.82, 2.24) is 15.2 Å². The Bertz CT molecular complexity index is 422. The third-order valence-corrected chi connectivity index (χ3v) is 1.78. The summed E-state index contributed by atoms with van der Waals surface area (Å²) in [5, 5.41) is 5.67. The smallest absolute Gasteiger partial charge is 0.213 e. The largest absolute Gasteiger partial charge is 0.282 e. The van der Waals surface area contributed by atoms with Gasteiger partial charge in [-0.1, -0.05) is 58.1 Å². The van der Waals surface area contributed by atoms with E-state index in [1.807, 2.05) is 71.9 Å². The molecule has 0 fully saturated rings. The molecule has 0 bridgehead atoms. The van der Waals surface area contributed by atoms with Crippen LogP contribution >= 0.6 is 12.2 Å². The zero-order valence-electron chi connectivity index (χ0n) is 12.2. The first kappa shape index (κ1) is 18.9. The highest BCUT2D eigenvalue weighted by atomic mass is 32.1. The van der Waals surface area contributed by atoms with Crippen molar-refractivity contribution in [2.45, 2.75) is 41.5 Å². The summed E-state index contributed by atoms with van der Waals surface area (Å²) in [6, 6.07) is 0. The zero-order chi connectivity index (χ0) is 14.4. The number of hydrogen-bond acceptors (Lipinski definition) is 2. The van der Waals surface area contributed by atoms with Gasteiger partial charge < -0.3 is 0 Å². The van der Waals surface area contributed by atoms with E-state index in [1.165, 1.54) is 0 Å². The number of allylic oxidation sites excluding steroid dienone is 6.